The molecule has 1 N–H and O–H groups in total. The average molecular weight is 254 g/mol. The third-order valence-corrected chi connectivity index (χ3v) is 5.90. The summed E-state index contributed by atoms with van der Waals surface area (Å²) in [5.74, 6) is 0.150. The molecule has 2 bridgehead atoms. The van der Waals surface area contributed by atoms with Gasteiger partial charge in [-0.2, -0.15) is 0 Å². The minimum atomic E-state index is -0.842. The van der Waals surface area contributed by atoms with Gasteiger partial charge >= 0.3 is 0 Å². The zero-order valence-electron chi connectivity index (χ0n) is 11.4. The number of fused-ring (bicyclic) bond motifs is 1. The lowest BCUT2D eigenvalue weighted by molar-refractivity contribution is -0.456. The Balaban J connectivity index is 2.09. The van der Waals surface area contributed by atoms with Crippen molar-refractivity contribution < 1.29 is 19.7 Å². The third kappa shape index (κ3) is 1.29. The maximum absolute atomic E-state index is 12.3. The van der Waals surface area contributed by atoms with E-state index in [4.69, 9.17) is 9.78 Å². The quantitative estimate of drug-likeness (QED) is 0.672. The highest BCUT2D eigenvalue weighted by Gasteiger charge is 2.68. The maximum atomic E-state index is 12.3. The second-order valence-electron chi connectivity index (χ2n) is 6.95. The Bertz CT molecular complexity index is 391. The van der Waals surface area contributed by atoms with Crippen LogP contribution in [0.1, 0.15) is 52.9 Å². The maximum Gasteiger partial charge on any atom is 0.168 e. The van der Waals surface area contributed by atoms with Crippen LogP contribution < -0.4 is 0 Å². The molecule has 0 aromatic heterocycles. The van der Waals surface area contributed by atoms with Crippen LogP contribution in [0.4, 0.5) is 0 Å². The molecule has 1 saturated heterocycles. The van der Waals surface area contributed by atoms with Gasteiger partial charge in [0.2, 0.25) is 0 Å². The van der Waals surface area contributed by atoms with E-state index in [9.17, 15) is 9.90 Å². The van der Waals surface area contributed by atoms with Crippen LogP contribution in [-0.2, 0) is 14.6 Å². The summed E-state index contributed by atoms with van der Waals surface area (Å²) in [6.45, 7) is 6.33. The Kier molecular flexibility index (Phi) is 2.48. The summed E-state index contributed by atoms with van der Waals surface area (Å²) < 4.78 is 0. The molecule has 102 valence electrons. The Labute approximate surface area is 108 Å². The Hall–Kier alpha value is -0.450. The zero-order chi connectivity index (χ0) is 13.2. The van der Waals surface area contributed by atoms with Crippen LogP contribution in [0, 0.1) is 10.8 Å². The molecular formula is C14H22O4. The Morgan fingerprint density at radius 2 is 2.00 bits per heavy atom. The summed E-state index contributed by atoms with van der Waals surface area (Å²) >= 11 is 0. The van der Waals surface area contributed by atoms with Crippen molar-refractivity contribution in [1.29, 1.82) is 0 Å². The van der Waals surface area contributed by atoms with Gasteiger partial charge < -0.3 is 5.11 Å². The third-order valence-electron chi connectivity index (χ3n) is 5.90. The molecule has 2 aliphatic carbocycles. The van der Waals surface area contributed by atoms with E-state index >= 15 is 0 Å². The molecule has 0 aromatic carbocycles. The van der Waals surface area contributed by atoms with Gasteiger partial charge in [-0.05, 0) is 38.0 Å². The lowest BCUT2D eigenvalue weighted by Crippen LogP contribution is -2.69. The number of ketones is 1. The van der Waals surface area contributed by atoms with Crippen LogP contribution >= 0.6 is 0 Å². The molecule has 2 saturated carbocycles. The van der Waals surface area contributed by atoms with Gasteiger partial charge in [0, 0.05) is 11.8 Å². The van der Waals surface area contributed by atoms with Crippen LogP contribution in [0.25, 0.3) is 0 Å². The summed E-state index contributed by atoms with van der Waals surface area (Å²) in [5, 5.41) is 9.94. The van der Waals surface area contributed by atoms with E-state index in [2.05, 4.69) is 13.8 Å². The number of Topliss-reactive ketones (excluding diaryl/α,β-unsaturated/α-hetero) is 1. The highest BCUT2D eigenvalue weighted by atomic mass is 17.2. The fourth-order valence-corrected chi connectivity index (χ4v) is 4.41. The predicted molar refractivity (Wildman–Crippen MR) is 64.7 cm³/mol. The molecule has 1 spiro atoms. The van der Waals surface area contributed by atoms with Gasteiger partial charge in [-0.1, -0.05) is 13.8 Å². The van der Waals surface area contributed by atoms with E-state index in [0.29, 0.717) is 12.8 Å². The SMILES string of the molecule is CC1(C)CCC(=O)[C@]2(C)OO[C@H]3C[C@@]12CC[C@H]3O. The van der Waals surface area contributed by atoms with Gasteiger partial charge in [0.05, 0.1) is 6.10 Å². The van der Waals surface area contributed by atoms with Crippen molar-refractivity contribution in [2.45, 2.75) is 70.7 Å². The van der Waals surface area contributed by atoms with E-state index in [1.54, 1.807) is 0 Å². The van der Waals surface area contributed by atoms with E-state index in [1.165, 1.54) is 0 Å². The van der Waals surface area contributed by atoms with Crippen molar-refractivity contribution >= 4 is 5.78 Å². The molecule has 1 aliphatic heterocycles. The topological polar surface area (TPSA) is 55.8 Å². The highest BCUT2D eigenvalue weighted by Crippen LogP contribution is 2.64. The predicted octanol–water partition coefficient (Wildman–Crippen LogP) is 2.00. The molecule has 4 heteroatoms. The number of hydrogen-bond donors (Lipinski definition) is 1. The molecule has 0 amide bonds. The summed E-state index contributed by atoms with van der Waals surface area (Å²) in [6.07, 6.45) is 2.97. The van der Waals surface area contributed by atoms with Crippen LogP contribution in [-0.4, -0.2) is 28.7 Å². The second-order valence-corrected chi connectivity index (χ2v) is 6.95. The molecule has 18 heavy (non-hydrogen) atoms. The van der Waals surface area contributed by atoms with Gasteiger partial charge in [-0.25, -0.2) is 9.78 Å². The van der Waals surface area contributed by atoms with E-state index in [-0.39, 0.29) is 22.7 Å². The zero-order valence-corrected chi connectivity index (χ0v) is 11.4. The van der Waals surface area contributed by atoms with Crippen LogP contribution in [0.15, 0.2) is 0 Å². The van der Waals surface area contributed by atoms with Crippen molar-refractivity contribution in [1.82, 2.24) is 0 Å². The first-order valence-electron chi connectivity index (χ1n) is 6.88. The normalized spacial score (nSPS) is 50.8. The van der Waals surface area contributed by atoms with Crippen molar-refractivity contribution in [3.63, 3.8) is 0 Å². The summed E-state index contributed by atoms with van der Waals surface area (Å²) in [4.78, 5) is 23.2. The molecule has 0 radical (unpaired) electrons. The fraction of sp³-hybridized carbons (Fsp3) is 0.929. The van der Waals surface area contributed by atoms with Crippen molar-refractivity contribution in [2.24, 2.45) is 10.8 Å². The number of rotatable bonds is 0. The van der Waals surface area contributed by atoms with E-state index in [1.807, 2.05) is 6.92 Å². The minimum absolute atomic E-state index is 0.0395. The second kappa shape index (κ2) is 3.56. The first-order valence-corrected chi connectivity index (χ1v) is 6.88. The summed E-state index contributed by atoms with van der Waals surface area (Å²) in [5.41, 5.74) is -0.999. The van der Waals surface area contributed by atoms with Crippen molar-refractivity contribution in [3.8, 4) is 0 Å². The van der Waals surface area contributed by atoms with Gasteiger partial charge in [-0.15, -0.1) is 0 Å². The number of hydrogen-bond acceptors (Lipinski definition) is 4. The lowest BCUT2D eigenvalue weighted by atomic mass is 9.45. The smallest absolute Gasteiger partial charge is 0.168 e. The molecule has 3 aliphatic rings. The Morgan fingerprint density at radius 3 is 2.72 bits per heavy atom. The van der Waals surface area contributed by atoms with Gasteiger partial charge in [0.15, 0.2) is 11.4 Å². The molecule has 0 aromatic rings. The first kappa shape index (κ1) is 12.6. The molecule has 4 nitrogen and oxygen atoms in total. The summed E-state index contributed by atoms with van der Waals surface area (Å²) in [6, 6.07) is 0. The number of carbonyl (C=O) groups is 1. The molecule has 1 heterocycles. The largest absolute Gasteiger partial charge is 0.390 e. The monoisotopic (exact) mass is 254 g/mol. The average Bonchev–Trinajstić information content (AvgIpc) is 2.33. The fourth-order valence-electron chi connectivity index (χ4n) is 4.41. The van der Waals surface area contributed by atoms with Crippen molar-refractivity contribution in [2.75, 3.05) is 0 Å². The molecule has 4 atom stereocenters. The number of aliphatic hydroxyl groups excluding tert-OH is 1. The number of aliphatic hydroxyl groups is 1. The highest BCUT2D eigenvalue weighted by molar-refractivity contribution is 5.89. The van der Waals surface area contributed by atoms with Crippen molar-refractivity contribution in [3.05, 3.63) is 0 Å². The first-order chi connectivity index (χ1) is 8.32. The summed E-state index contributed by atoms with van der Waals surface area (Å²) in [7, 11) is 0. The van der Waals surface area contributed by atoms with Gasteiger partial charge in [0.25, 0.3) is 0 Å². The minimum Gasteiger partial charge on any atom is -0.390 e. The lowest BCUT2D eigenvalue weighted by Gasteiger charge is -2.64. The Morgan fingerprint density at radius 1 is 1.28 bits per heavy atom. The molecular weight excluding hydrogens is 232 g/mol. The van der Waals surface area contributed by atoms with Gasteiger partial charge in [0.1, 0.15) is 6.10 Å². The van der Waals surface area contributed by atoms with Crippen LogP contribution in [0.3, 0.4) is 0 Å². The van der Waals surface area contributed by atoms with Crippen LogP contribution in [0.2, 0.25) is 0 Å². The molecule has 3 rings (SSSR count). The molecule has 0 unspecified atom stereocenters. The van der Waals surface area contributed by atoms with Gasteiger partial charge in [-0.3, -0.25) is 4.79 Å². The molecule has 3 fully saturated rings. The van der Waals surface area contributed by atoms with E-state index < -0.39 is 11.7 Å². The standard InChI is InChI=1S/C14H22O4/c1-12(2)6-5-11(16)13(3)14(12)7-4-9(15)10(8-14)17-18-13/h9-10,15H,4-8H2,1-3H3/t9-,10+,13+,14+/m1/s1. The number of carbonyl (C=O) groups excluding carboxylic acids is 1. The van der Waals surface area contributed by atoms with E-state index in [0.717, 1.165) is 19.3 Å². The van der Waals surface area contributed by atoms with Crippen LogP contribution in [0.5, 0.6) is 0 Å².